The van der Waals surface area contributed by atoms with Crippen molar-refractivity contribution >= 4 is 34.5 Å². The van der Waals surface area contributed by atoms with E-state index in [2.05, 4.69) is 26.1 Å². The van der Waals surface area contributed by atoms with E-state index in [9.17, 15) is 0 Å². The fourth-order valence-electron chi connectivity index (χ4n) is 1.74. The van der Waals surface area contributed by atoms with E-state index in [-0.39, 0.29) is 6.04 Å². The van der Waals surface area contributed by atoms with E-state index >= 15 is 0 Å². The zero-order valence-electron chi connectivity index (χ0n) is 11.3. The van der Waals surface area contributed by atoms with Crippen molar-refractivity contribution < 1.29 is 4.74 Å². The predicted octanol–water partition coefficient (Wildman–Crippen LogP) is 4.77. The minimum Gasteiger partial charge on any atom is -0.380 e. The van der Waals surface area contributed by atoms with Gasteiger partial charge in [0.2, 0.25) is 0 Å². The maximum absolute atomic E-state index is 6.17. The van der Waals surface area contributed by atoms with Crippen LogP contribution in [-0.4, -0.2) is 19.3 Å². The van der Waals surface area contributed by atoms with E-state index in [1.54, 1.807) is 0 Å². The fraction of sp³-hybridized carbons (Fsp3) is 0.692. The lowest BCUT2D eigenvalue weighted by Crippen LogP contribution is -2.39. The van der Waals surface area contributed by atoms with Crippen LogP contribution in [0.3, 0.4) is 0 Å². The van der Waals surface area contributed by atoms with Crippen LogP contribution in [-0.2, 0) is 4.74 Å². The molecule has 1 aromatic rings. The maximum atomic E-state index is 6.17. The van der Waals surface area contributed by atoms with Crippen molar-refractivity contribution in [2.24, 2.45) is 5.92 Å². The van der Waals surface area contributed by atoms with Gasteiger partial charge in [0.25, 0.3) is 0 Å². The summed E-state index contributed by atoms with van der Waals surface area (Å²) >= 11 is 13.6. The highest BCUT2D eigenvalue weighted by Crippen LogP contribution is 2.35. The third kappa shape index (κ3) is 4.71. The summed E-state index contributed by atoms with van der Waals surface area (Å²) in [4.78, 5) is 0. The smallest absolute Gasteiger partial charge is 0.0991 e. The molecule has 2 unspecified atom stereocenters. The van der Waals surface area contributed by atoms with Crippen LogP contribution in [0.25, 0.3) is 0 Å². The maximum Gasteiger partial charge on any atom is 0.0991 e. The molecule has 0 radical (unpaired) electrons. The second-order valence-corrected chi connectivity index (χ2v) is 6.96. The summed E-state index contributed by atoms with van der Waals surface area (Å²) in [6.45, 7) is 9.94. The quantitative estimate of drug-likeness (QED) is 0.783. The van der Waals surface area contributed by atoms with Gasteiger partial charge in [0.1, 0.15) is 0 Å². The molecular weight excluding hydrogens is 289 g/mol. The predicted molar refractivity (Wildman–Crippen MR) is 81.0 cm³/mol. The molecule has 0 saturated carbocycles. The van der Waals surface area contributed by atoms with Gasteiger partial charge in [-0.1, -0.05) is 37.0 Å². The van der Waals surface area contributed by atoms with Crippen LogP contribution in [0.15, 0.2) is 6.07 Å². The van der Waals surface area contributed by atoms with Gasteiger partial charge in [-0.05, 0) is 31.4 Å². The van der Waals surface area contributed by atoms with Gasteiger partial charge in [-0.15, -0.1) is 11.3 Å². The molecule has 1 rings (SSSR count). The Morgan fingerprint density at radius 3 is 2.44 bits per heavy atom. The van der Waals surface area contributed by atoms with Crippen molar-refractivity contribution in [1.29, 1.82) is 0 Å². The van der Waals surface area contributed by atoms with Gasteiger partial charge in [-0.2, -0.15) is 0 Å². The summed E-state index contributed by atoms with van der Waals surface area (Å²) in [5.74, 6) is 0.506. The Bertz CT molecular complexity index is 368. The molecule has 0 aromatic carbocycles. The largest absolute Gasteiger partial charge is 0.380 e. The summed E-state index contributed by atoms with van der Waals surface area (Å²) < 4.78 is 7.00. The molecule has 1 aromatic heterocycles. The molecule has 0 bridgehead atoms. The third-order valence-corrected chi connectivity index (χ3v) is 4.44. The van der Waals surface area contributed by atoms with Gasteiger partial charge >= 0.3 is 0 Å². The third-order valence-electron chi connectivity index (χ3n) is 2.92. The Kier molecular flexibility index (Phi) is 6.96. The minimum atomic E-state index is 0.175. The summed E-state index contributed by atoms with van der Waals surface area (Å²) in [5, 5.41) is 3.56. The number of hydrogen-bond acceptors (Lipinski definition) is 3. The molecule has 0 fully saturated rings. The number of halogens is 2. The van der Waals surface area contributed by atoms with Gasteiger partial charge in [0.05, 0.1) is 15.3 Å². The first-order valence-corrected chi connectivity index (χ1v) is 7.81. The first-order chi connectivity index (χ1) is 8.45. The Labute approximate surface area is 124 Å². The zero-order chi connectivity index (χ0) is 13.7. The van der Waals surface area contributed by atoms with Crippen LogP contribution in [0.1, 0.15) is 39.3 Å². The van der Waals surface area contributed by atoms with E-state index in [0.717, 1.165) is 20.8 Å². The SMILES string of the molecule is CCOCC(NC(C)c1cc(Cl)sc1Cl)C(C)C. The molecule has 5 heteroatoms. The molecule has 2 atom stereocenters. The van der Waals surface area contributed by atoms with E-state index in [1.165, 1.54) is 11.3 Å². The fourth-order valence-corrected chi connectivity index (χ4v) is 3.38. The Morgan fingerprint density at radius 2 is 2.00 bits per heavy atom. The molecular formula is C13H21Cl2NOS. The zero-order valence-corrected chi connectivity index (χ0v) is 13.6. The van der Waals surface area contributed by atoms with Crippen molar-refractivity contribution in [3.63, 3.8) is 0 Å². The molecule has 2 nitrogen and oxygen atoms in total. The Morgan fingerprint density at radius 1 is 1.33 bits per heavy atom. The number of ether oxygens (including phenoxy) is 1. The highest BCUT2D eigenvalue weighted by atomic mass is 35.5. The van der Waals surface area contributed by atoms with Crippen LogP contribution in [0.2, 0.25) is 8.67 Å². The van der Waals surface area contributed by atoms with Gasteiger partial charge in [-0.25, -0.2) is 0 Å². The molecule has 0 aliphatic heterocycles. The molecule has 0 amide bonds. The van der Waals surface area contributed by atoms with E-state index in [0.29, 0.717) is 18.6 Å². The number of rotatable bonds is 7. The topological polar surface area (TPSA) is 21.3 Å². The van der Waals surface area contributed by atoms with E-state index in [4.69, 9.17) is 27.9 Å². The summed E-state index contributed by atoms with van der Waals surface area (Å²) in [5.41, 5.74) is 1.06. The van der Waals surface area contributed by atoms with Crippen molar-refractivity contribution in [2.75, 3.05) is 13.2 Å². The Balaban J connectivity index is 2.65. The second kappa shape index (κ2) is 7.71. The van der Waals surface area contributed by atoms with Crippen LogP contribution in [0.5, 0.6) is 0 Å². The van der Waals surface area contributed by atoms with E-state index in [1.807, 2.05) is 13.0 Å². The first-order valence-electron chi connectivity index (χ1n) is 6.24. The number of hydrogen-bond donors (Lipinski definition) is 1. The molecule has 0 saturated heterocycles. The lowest BCUT2D eigenvalue weighted by Gasteiger charge is -2.26. The summed E-state index contributed by atoms with van der Waals surface area (Å²) in [6.07, 6.45) is 0. The van der Waals surface area contributed by atoms with Crippen LogP contribution >= 0.6 is 34.5 Å². The average Bonchev–Trinajstić information content (AvgIpc) is 2.63. The van der Waals surface area contributed by atoms with Gasteiger partial charge in [-0.3, -0.25) is 0 Å². The van der Waals surface area contributed by atoms with Crippen molar-refractivity contribution in [2.45, 2.75) is 39.8 Å². The summed E-state index contributed by atoms with van der Waals surface area (Å²) in [6, 6.07) is 2.42. The molecule has 1 N–H and O–H groups in total. The normalized spacial score (nSPS) is 15.1. The van der Waals surface area contributed by atoms with Crippen molar-refractivity contribution in [3.8, 4) is 0 Å². The monoisotopic (exact) mass is 309 g/mol. The van der Waals surface area contributed by atoms with Gasteiger partial charge in [0.15, 0.2) is 0 Å². The van der Waals surface area contributed by atoms with Crippen LogP contribution < -0.4 is 5.32 Å². The molecule has 0 aliphatic carbocycles. The second-order valence-electron chi connectivity index (χ2n) is 4.68. The molecule has 1 heterocycles. The van der Waals surface area contributed by atoms with E-state index < -0.39 is 0 Å². The molecule has 0 aliphatic rings. The lowest BCUT2D eigenvalue weighted by atomic mass is 10.0. The summed E-state index contributed by atoms with van der Waals surface area (Å²) in [7, 11) is 0. The number of nitrogens with one attached hydrogen (secondary N) is 1. The molecule has 18 heavy (non-hydrogen) atoms. The standard InChI is InChI=1S/C13H21Cl2NOS/c1-5-17-7-11(8(2)3)16-9(4)10-6-12(14)18-13(10)15/h6,8-9,11,16H,5,7H2,1-4H3. The highest BCUT2D eigenvalue weighted by Gasteiger charge is 2.19. The van der Waals surface area contributed by atoms with Crippen molar-refractivity contribution in [1.82, 2.24) is 5.32 Å². The average molecular weight is 310 g/mol. The highest BCUT2D eigenvalue weighted by molar-refractivity contribution is 7.20. The van der Waals surface area contributed by atoms with Crippen LogP contribution in [0, 0.1) is 5.92 Å². The van der Waals surface area contributed by atoms with Crippen molar-refractivity contribution in [3.05, 3.63) is 20.3 Å². The minimum absolute atomic E-state index is 0.175. The lowest BCUT2D eigenvalue weighted by molar-refractivity contribution is 0.104. The number of thiophene rings is 1. The van der Waals surface area contributed by atoms with Gasteiger partial charge in [0, 0.05) is 18.7 Å². The Hall–Kier alpha value is 0.200. The first kappa shape index (κ1) is 16.3. The molecule has 104 valence electrons. The van der Waals surface area contributed by atoms with Gasteiger partial charge < -0.3 is 10.1 Å². The molecule has 0 spiro atoms. The van der Waals surface area contributed by atoms with Crippen LogP contribution in [0.4, 0.5) is 0 Å².